The molecule has 0 amide bonds. The molecular weight excluding hydrogens is 416 g/mol. The highest BCUT2D eigenvalue weighted by atomic mass is 19.2. The molecule has 3 heterocycles. The van der Waals surface area contributed by atoms with Gasteiger partial charge in [0.15, 0.2) is 0 Å². The first kappa shape index (κ1) is 22.3. The summed E-state index contributed by atoms with van der Waals surface area (Å²) in [6.07, 6.45) is 1.97. The normalized spacial score (nSPS) is 16.6. The van der Waals surface area contributed by atoms with Crippen LogP contribution in [-0.4, -0.2) is 72.3 Å². The van der Waals surface area contributed by atoms with Gasteiger partial charge >= 0.3 is 0 Å². The van der Waals surface area contributed by atoms with E-state index < -0.39 is 18.8 Å². The van der Waals surface area contributed by atoms with Crippen LogP contribution in [0.15, 0.2) is 47.2 Å². The molecule has 2 unspecified atom stereocenters. The van der Waals surface area contributed by atoms with Crippen molar-refractivity contribution < 1.29 is 18.0 Å². The van der Waals surface area contributed by atoms with Crippen molar-refractivity contribution in [3.05, 3.63) is 48.5 Å². The maximum Gasteiger partial charge on any atom is 0.222 e. The number of morpholine rings is 1. The van der Waals surface area contributed by atoms with E-state index in [1.165, 1.54) is 0 Å². The summed E-state index contributed by atoms with van der Waals surface area (Å²) in [4.78, 5) is 11.2. The highest BCUT2D eigenvalue weighted by Crippen LogP contribution is 2.28. The zero-order chi connectivity index (χ0) is 22.3. The van der Waals surface area contributed by atoms with Crippen molar-refractivity contribution in [1.29, 1.82) is 0 Å². The van der Waals surface area contributed by atoms with E-state index in [2.05, 4.69) is 25.3 Å². The Labute approximate surface area is 185 Å². The third-order valence-corrected chi connectivity index (χ3v) is 5.65. The Hall–Kier alpha value is -2.91. The van der Waals surface area contributed by atoms with Crippen molar-refractivity contribution in [2.75, 3.05) is 51.4 Å². The molecule has 9 heteroatoms. The lowest BCUT2D eigenvalue weighted by Gasteiger charge is -2.26. The molecule has 1 aliphatic heterocycles. The van der Waals surface area contributed by atoms with E-state index in [0.717, 1.165) is 56.1 Å². The second kappa shape index (κ2) is 10.6. The van der Waals surface area contributed by atoms with Gasteiger partial charge in [-0.15, -0.1) is 0 Å². The Morgan fingerprint density at radius 2 is 1.75 bits per heavy atom. The summed E-state index contributed by atoms with van der Waals surface area (Å²) in [6.45, 7) is 5.74. The molecule has 1 aromatic carbocycles. The van der Waals surface area contributed by atoms with Crippen molar-refractivity contribution in [1.82, 2.24) is 20.0 Å². The van der Waals surface area contributed by atoms with Gasteiger partial charge in [-0.25, -0.2) is 18.7 Å². The SMILES string of the molecule is CC(c1cc(-c2ccc(-c3cnc(NCCN4CCOCC4)nc3)cc2)no1)C(F)CF. The molecule has 0 spiro atoms. The van der Waals surface area contributed by atoms with Crippen LogP contribution in [0.25, 0.3) is 22.4 Å². The number of benzene rings is 1. The molecular formula is C23H27F2N5O2. The smallest absolute Gasteiger partial charge is 0.222 e. The summed E-state index contributed by atoms with van der Waals surface area (Å²) in [5, 5.41) is 7.24. The van der Waals surface area contributed by atoms with E-state index in [4.69, 9.17) is 9.26 Å². The number of halogens is 2. The van der Waals surface area contributed by atoms with Gasteiger partial charge in [0.05, 0.1) is 19.1 Å². The van der Waals surface area contributed by atoms with E-state index in [0.29, 0.717) is 17.4 Å². The lowest BCUT2D eigenvalue weighted by atomic mass is 10.0. The van der Waals surface area contributed by atoms with E-state index in [-0.39, 0.29) is 0 Å². The minimum Gasteiger partial charge on any atom is -0.379 e. The van der Waals surface area contributed by atoms with Crippen molar-refractivity contribution >= 4 is 5.95 Å². The fourth-order valence-electron chi connectivity index (χ4n) is 3.50. The number of alkyl halides is 2. The molecule has 0 aliphatic carbocycles. The van der Waals surface area contributed by atoms with Gasteiger partial charge in [-0.3, -0.25) is 4.90 Å². The van der Waals surface area contributed by atoms with Gasteiger partial charge < -0.3 is 14.6 Å². The number of hydrogen-bond donors (Lipinski definition) is 1. The molecule has 0 bridgehead atoms. The predicted octanol–water partition coefficient (Wildman–Crippen LogP) is 3.95. The lowest BCUT2D eigenvalue weighted by molar-refractivity contribution is 0.0398. The van der Waals surface area contributed by atoms with Gasteiger partial charge in [-0.1, -0.05) is 36.3 Å². The second-order valence-electron chi connectivity index (χ2n) is 7.83. The fraction of sp³-hybridized carbons (Fsp3) is 0.435. The molecule has 1 N–H and O–H groups in total. The molecule has 7 nitrogen and oxygen atoms in total. The zero-order valence-electron chi connectivity index (χ0n) is 18.0. The van der Waals surface area contributed by atoms with Gasteiger partial charge in [0.25, 0.3) is 0 Å². The number of rotatable bonds is 9. The zero-order valence-corrected chi connectivity index (χ0v) is 18.0. The van der Waals surface area contributed by atoms with Gasteiger partial charge in [0.2, 0.25) is 5.95 Å². The molecule has 0 saturated carbocycles. The summed E-state index contributed by atoms with van der Waals surface area (Å²) in [6, 6.07) is 9.34. The molecule has 3 aromatic rings. The maximum atomic E-state index is 13.6. The Kier molecular flexibility index (Phi) is 7.39. The summed E-state index contributed by atoms with van der Waals surface area (Å²) in [5.74, 6) is 0.250. The number of ether oxygens (including phenoxy) is 1. The van der Waals surface area contributed by atoms with Crippen molar-refractivity contribution in [3.8, 4) is 22.4 Å². The van der Waals surface area contributed by atoms with Crippen LogP contribution < -0.4 is 5.32 Å². The summed E-state index contributed by atoms with van der Waals surface area (Å²) >= 11 is 0. The molecule has 0 radical (unpaired) electrons. The van der Waals surface area contributed by atoms with Gasteiger partial charge in [0, 0.05) is 55.8 Å². The average Bonchev–Trinajstić information content (AvgIpc) is 3.35. The summed E-state index contributed by atoms with van der Waals surface area (Å²) < 4.78 is 36.7. The van der Waals surface area contributed by atoms with E-state index in [1.807, 2.05) is 24.3 Å². The second-order valence-corrected chi connectivity index (χ2v) is 7.83. The fourth-order valence-corrected chi connectivity index (χ4v) is 3.50. The lowest BCUT2D eigenvalue weighted by Crippen LogP contribution is -2.39. The maximum absolute atomic E-state index is 13.6. The third-order valence-electron chi connectivity index (χ3n) is 5.65. The van der Waals surface area contributed by atoms with E-state index in [1.54, 1.807) is 25.4 Å². The standard InChI is InChI=1S/C23H27F2N5O2/c1-16(20(25)13-24)22-12-21(29-32-22)18-4-2-17(3-5-18)19-14-27-23(28-15-19)26-6-7-30-8-10-31-11-9-30/h2-5,12,14-16,20H,6-11,13H2,1H3,(H,26,27,28). The molecule has 1 fully saturated rings. The highest BCUT2D eigenvalue weighted by molar-refractivity contribution is 5.68. The number of anilines is 1. The Balaban J connectivity index is 1.34. The number of aromatic nitrogens is 3. The van der Waals surface area contributed by atoms with Crippen LogP contribution in [0, 0.1) is 0 Å². The van der Waals surface area contributed by atoms with Crippen molar-refractivity contribution in [2.45, 2.75) is 19.0 Å². The monoisotopic (exact) mass is 443 g/mol. The number of nitrogens with zero attached hydrogens (tertiary/aromatic N) is 4. The minimum absolute atomic E-state index is 0.333. The van der Waals surface area contributed by atoms with E-state index in [9.17, 15) is 8.78 Å². The third kappa shape index (κ3) is 5.46. The first-order chi connectivity index (χ1) is 15.6. The summed E-state index contributed by atoms with van der Waals surface area (Å²) in [7, 11) is 0. The Bertz CT molecular complexity index is 975. The van der Waals surface area contributed by atoms with Gasteiger partial charge in [-0.2, -0.15) is 0 Å². The largest absolute Gasteiger partial charge is 0.379 e. The number of nitrogens with one attached hydrogen (secondary N) is 1. The molecule has 170 valence electrons. The van der Waals surface area contributed by atoms with Crippen LogP contribution in [0.4, 0.5) is 14.7 Å². The highest BCUT2D eigenvalue weighted by Gasteiger charge is 2.22. The van der Waals surface area contributed by atoms with Crippen molar-refractivity contribution in [3.63, 3.8) is 0 Å². The average molecular weight is 443 g/mol. The summed E-state index contributed by atoms with van der Waals surface area (Å²) in [5.41, 5.74) is 3.27. The quantitative estimate of drug-likeness (QED) is 0.537. The van der Waals surface area contributed by atoms with Crippen LogP contribution in [-0.2, 0) is 4.74 Å². The topological polar surface area (TPSA) is 76.3 Å². The first-order valence-corrected chi connectivity index (χ1v) is 10.8. The molecule has 4 rings (SSSR count). The molecule has 32 heavy (non-hydrogen) atoms. The minimum atomic E-state index is -1.60. The Morgan fingerprint density at radius 1 is 1.06 bits per heavy atom. The first-order valence-electron chi connectivity index (χ1n) is 10.8. The number of hydrogen-bond acceptors (Lipinski definition) is 7. The van der Waals surface area contributed by atoms with E-state index >= 15 is 0 Å². The van der Waals surface area contributed by atoms with Crippen molar-refractivity contribution in [2.24, 2.45) is 0 Å². The molecule has 2 atom stereocenters. The molecule has 1 aliphatic rings. The molecule has 2 aromatic heterocycles. The van der Waals surface area contributed by atoms with Gasteiger partial charge in [0.1, 0.15) is 24.3 Å². The van der Waals surface area contributed by atoms with Gasteiger partial charge in [-0.05, 0) is 5.56 Å². The van der Waals surface area contributed by atoms with Crippen LogP contribution in [0.2, 0.25) is 0 Å². The van der Waals surface area contributed by atoms with Crippen LogP contribution in [0.5, 0.6) is 0 Å². The van der Waals surface area contributed by atoms with Crippen LogP contribution >= 0.6 is 0 Å². The predicted molar refractivity (Wildman–Crippen MR) is 118 cm³/mol. The Morgan fingerprint density at radius 3 is 2.44 bits per heavy atom. The van der Waals surface area contributed by atoms with Crippen LogP contribution in [0.1, 0.15) is 18.6 Å². The van der Waals surface area contributed by atoms with Crippen LogP contribution in [0.3, 0.4) is 0 Å². The molecule has 1 saturated heterocycles.